The first kappa shape index (κ1) is 38.1. The standard InChI is InChI=1S/C43H56O6Si/c1-32(2)50(33(3)4,34(5)6)48-31-39-40(44-27-35-19-11-7-12-20-35)41(45-28-36-21-13-8-14-22-36)42(46-29-37-23-15-9-16-24-37)43(49-39)47-30-38-25-17-10-18-26-38/h7-26,32-34,39-43H,27-31H2,1-6H3/t39-,40-,41+,42-,43-/m1/s1. The molecular weight excluding hydrogens is 641 g/mol. The Morgan fingerprint density at radius 3 is 1.18 bits per heavy atom. The van der Waals surface area contributed by atoms with E-state index in [1.807, 2.05) is 72.8 Å². The van der Waals surface area contributed by atoms with Crippen molar-refractivity contribution in [1.82, 2.24) is 0 Å². The van der Waals surface area contributed by atoms with Crippen molar-refractivity contribution in [2.24, 2.45) is 0 Å². The van der Waals surface area contributed by atoms with Gasteiger partial charge in [-0.1, -0.05) is 163 Å². The molecule has 0 aliphatic carbocycles. The molecule has 1 aliphatic rings. The van der Waals surface area contributed by atoms with Crippen molar-refractivity contribution in [2.75, 3.05) is 6.61 Å². The van der Waals surface area contributed by atoms with E-state index in [4.69, 9.17) is 28.1 Å². The Bertz CT molecular complexity index is 1480. The average molecular weight is 697 g/mol. The van der Waals surface area contributed by atoms with Gasteiger partial charge >= 0.3 is 0 Å². The molecule has 50 heavy (non-hydrogen) atoms. The van der Waals surface area contributed by atoms with Gasteiger partial charge in [0.1, 0.15) is 24.4 Å². The SMILES string of the molecule is CC(C)[Si](OC[C@H]1O[C@@H](OCc2ccccc2)[C@H](OCc2ccccc2)[C@@H](OCc2ccccc2)[C@@H]1OCc1ccccc1)(C(C)C)C(C)C. The molecular formula is C43H56O6Si. The predicted octanol–water partition coefficient (Wildman–Crippen LogP) is 9.88. The molecule has 1 fully saturated rings. The number of benzene rings is 4. The van der Waals surface area contributed by atoms with Gasteiger partial charge in [-0.25, -0.2) is 0 Å². The highest BCUT2D eigenvalue weighted by Crippen LogP contribution is 2.43. The van der Waals surface area contributed by atoms with Crippen LogP contribution in [0.2, 0.25) is 16.6 Å². The van der Waals surface area contributed by atoms with Crippen LogP contribution < -0.4 is 0 Å². The Hall–Kier alpha value is -3.14. The van der Waals surface area contributed by atoms with E-state index in [1.54, 1.807) is 0 Å². The lowest BCUT2D eigenvalue weighted by atomic mass is 9.97. The van der Waals surface area contributed by atoms with E-state index in [9.17, 15) is 0 Å². The van der Waals surface area contributed by atoms with E-state index < -0.39 is 39.0 Å². The lowest BCUT2D eigenvalue weighted by Gasteiger charge is -2.48. The molecule has 0 spiro atoms. The van der Waals surface area contributed by atoms with Gasteiger partial charge in [-0.05, 0) is 38.9 Å². The molecule has 0 bridgehead atoms. The first-order chi connectivity index (χ1) is 24.3. The third-order valence-corrected chi connectivity index (χ3v) is 16.0. The highest BCUT2D eigenvalue weighted by Gasteiger charge is 2.51. The van der Waals surface area contributed by atoms with Crippen molar-refractivity contribution in [2.45, 2.75) is 115 Å². The lowest BCUT2D eigenvalue weighted by Crippen LogP contribution is -2.62. The first-order valence-corrected chi connectivity index (χ1v) is 20.3. The van der Waals surface area contributed by atoms with Crippen LogP contribution in [0.4, 0.5) is 0 Å². The minimum atomic E-state index is -2.24. The minimum absolute atomic E-state index is 0.369. The van der Waals surface area contributed by atoms with Crippen LogP contribution in [0.15, 0.2) is 121 Å². The third kappa shape index (κ3) is 10.0. The highest BCUT2D eigenvalue weighted by atomic mass is 28.4. The van der Waals surface area contributed by atoms with Crippen LogP contribution in [0.1, 0.15) is 63.8 Å². The topological polar surface area (TPSA) is 55.4 Å². The Morgan fingerprint density at radius 1 is 0.460 bits per heavy atom. The van der Waals surface area contributed by atoms with Crippen LogP contribution in [0.3, 0.4) is 0 Å². The van der Waals surface area contributed by atoms with Gasteiger partial charge < -0.3 is 28.1 Å². The van der Waals surface area contributed by atoms with E-state index in [0.29, 0.717) is 49.7 Å². The monoisotopic (exact) mass is 696 g/mol. The molecule has 0 saturated carbocycles. The van der Waals surface area contributed by atoms with Crippen LogP contribution in [0.25, 0.3) is 0 Å². The van der Waals surface area contributed by atoms with Gasteiger partial charge in [0.15, 0.2) is 14.6 Å². The zero-order chi connectivity index (χ0) is 35.3. The highest BCUT2D eigenvalue weighted by molar-refractivity contribution is 6.77. The van der Waals surface area contributed by atoms with E-state index in [-0.39, 0.29) is 0 Å². The second-order valence-corrected chi connectivity index (χ2v) is 19.7. The fourth-order valence-electron chi connectivity index (χ4n) is 7.49. The summed E-state index contributed by atoms with van der Waals surface area (Å²) in [4.78, 5) is 0. The molecule has 6 nitrogen and oxygen atoms in total. The largest absolute Gasteiger partial charge is 0.413 e. The summed E-state index contributed by atoms with van der Waals surface area (Å²) < 4.78 is 41.4. The lowest BCUT2D eigenvalue weighted by molar-refractivity contribution is -0.328. The van der Waals surface area contributed by atoms with Crippen LogP contribution in [-0.2, 0) is 54.5 Å². The van der Waals surface area contributed by atoms with Crippen molar-refractivity contribution >= 4 is 8.32 Å². The van der Waals surface area contributed by atoms with Gasteiger partial charge in [0.25, 0.3) is 0 Å². The van der Waals surface area contributed by atoms with Gasteiger partial charge in [-0.15, -0.1) is 0 Å². The zero-order valence-electron chi connectivity index (χ0n) is 30.7. The van der Waals surface area contributed by atoms with E-state index in [0.717, 1.165) is 22.3 Å². The summed E-state index contributed by atoms with van der Waals surface area (Å²) in [6.45, 7) is 15.8. The molecule has 4 aromatic carbocycles. The number of ether oxygens (including phenoxy) is 5. The van der Waals surface area contributed by atoms with Gasteiger partial charge in [0.2, 0.25) is 0 Å². The summed E-state index contributed by atoms with van der Waals surface area (Å²) >= 11 is 0. The molecule has 5 rings (SSSR count). The van der Waals surface area contributed by atoms with Crippen molar-refractivity contribution in [3.05, 3.63) is 144 Å². The number of hydrogen-bond donors (Lipinski definition) is 0. The Kier molecular flexibility index (Phi) is 14.4. The van der Waals surface area contributed by atoms with Gasteiger partial charge in [0.05, 0.1) is 33.0 Å². The molecule has 4 aromatic rings. The normalized spacial score (nSPS) is 21.3. The van der Waals surface area contributed by atoms with Crippen LogP contribution in [-0.4, -0.2) is 45.6 Å². The van der Waals surface area contributed by atoms with E-state index in [2.05, 4.69) is 90.1 Å². The maximum atomic E-state index is 7.20. The Morgan fingerprint density at radius 2 is 0.800 bits per heavy atom. The van der Waals surface area contributed by atoms with Crippen LogP contribution in [0, 0.1) is 0 Å². The number of rotatable bonds is 18. The maximum absolute atomic E-state index is 7.20. The van der Waals surface area contributed by atoms with E-state index >= 15 is 0 Å². The molecule has 1 aliphatic heterocycles. The minimum Gasteiger partial charge on any atom is -0.413 e. The van der Waals surface area contributed by atoms with Crippen LogP contribution >= 0.6 is 0 Å². The van der Waals surface area contributed by atoms with Gasteiger partial charge in [-0.2, -0.15) is 0 Å². The molecule has 1 heterocycles. The van der Waals surface area contributed by atoms with Crippen molar-refractivity contribution in [3.63, 3.8) is 0 Å². The molecule has 268 valence electrons. The summed E-state index contributed by atoms with van der Waals surface area (Å²) in [7, 11) is -2.24. The summed E-state index contributed by atoms with van der Waals surface area (Å²) in [6.07, 6.45) is -2.77. The molecule has 0 N–H and O–H groups in total. The van der Waals surface area contributed by atoms with Gasteiger partial charge in [0, 0.05) is 0 Å². The summed E-state index contributed by atoms with van der Waals surface area (Å²) in [5.41, 5.74) is 5.54. The van der Waals surface area contributed by atoms with Gasteiger partial charge in [-0.3, -0.25) is 0 Å². The van der Waals surface area contributed by atoms with Crippen molar-refractivity contribution in [1.29, 1.82) is 0 Å². The first-order valence-electron chi connectivity index (χ1n) is 18.2. The molecule has 7 heteroatoms. The predicted molar refractivity (Wildman–Crippen MR) is 202 cm³/mol. The molecule has 0 amide bonds. The molecule has 0 radical (unpaired) electrons. The maximum Gasteiger partial charge on any atom is 0.200 e. The smallest absolute Gasteiger partial charge is 0.200 e. The second kappa shape index (κ2) is 18.9. The fourth-order valence-corrected chi connectivity index (χ4v) is 12.9. The quantitative estimate of drug-likeness (QED) is 0.0966. The molecule has 0 aromatic heterocycles. The average Bonchev–Trinajstić information content (AvgIpc) is 3.13. The third-order valence-electron chi connectivity index (χ3n) is 9.91. The summed E-state index contributed by atoms with van der Waals surface area (Å²) in [5.74, 6) is 0. The Balaban J connectivity index is 1.52. The molecule has 5 atom stereocenters. The molecule has 0 unspecified atom stereocenters. The second-order valence-electron chi connectivity index (χ2n) is 14.3. The van der Waals surface area contributed by atoms with E-state index in [1.165, 1.54) is 0 Å². The fraction of sp³-hybridized carbons (Fsp3) is 0.442. The van der Waals surface area contributed by atoms with Crippen molar-refractivity contribution in [3.8, 4) is 0 Å². The Labute approximate surface area is 301 Å². The zero-order valence-corrected chi connectivity index (χ0v) is 31.7. The van der Waals surface area contributed by atoms with Crippen LogP contribution in [0.5, 0.6) is 0 Å². The van der Waals surface area contributed by atoms with Crippen molar-refractivity contribution < 1.29 is 28.1 Å². The summed E-state index contributed by atoms with van der Waals surface area (Å²) in [5, 5.41) is 0. The number of hydrogen-bond acceptors (Lipinski definition) is 6. The molecule has 1 saturated heterocycles. The summed E-state index contributed by atoms with van der Waals surface area (Å²) in [6, 6.07) is 40.9.